The molecule has 2 aromatic rings. The van der Waals surface area contributed by atoms with Gasteiger partial charge in [0.1, 0.15) is 11.6 Å². The fourth-order valence-electron chi connectivity index (χ4n) is 1.64. The normalized spacial score (nSPS) is 10.3. The first-order valence-corrected chi connectivity index (χ1v) is 4.64. The Morgan fingerprint density at radius 2 is 1.93 bits per heavy atom. The summed E-state index contributed by atoms with van der Waals surface area (Å²) in [6, 6.07) is 2.14. The molecule has 15 heavy (non-hydrogen) atoms. The van der Waals surface area contributed by atoms with Crippen LogP contribution in [-0.2, 0) is 0 Å². The van der Waals surface area contributed by atoms with Crippen molar-refractivity contribution >= 4 is 11.0 Å². The van der Waals surface area contributed by atoms with Gasteiger partial charge in [0.05, 0.1) is 23.0 Å². The van der Waals surface area contributed by atoms with Gasteiger partial charge >= 0.3 is 0 Å². The molecule has 0 aliphatic heterocycles. The second kappa shape index (κ2) is 3.28. The van der Waals surface area contributed by atoms with E-state index in [-0.39, 0.29) is 0 Å². The highest BCUT2D eigenvalue weighted by Crippen LogP contribution is 2.21. The minimum Gasteiger partial charge on any atom is -0.250 e. The quantitative estimate of drug-likeness (QED) is 0.647. The van der Waals surface area contributed by atoms with E-state index in [1.54, 1.807) is 6.20 Å². The van der Waals surface area contributed by atoms with E-state index in [9.17, 15) is 0 Å². The van der Waals surface area contributed by atoms with Gasteiger partial charge in [0.25, 0.3) is 0 Å². The molecule has 0 saturated carbocycles. The molecule has 2 heterocycles. The van der Waals surface area contributed by atoms with Crippen LogP contribution in [0.3, 0.4) is 0 Å². The Kier molecular flexibility index (Phi) is 2.09. The smallest absolute Gasteiger partial charge is 0.116 e. The standard InChI is InChI=1S/C11H10N4/c1-6-5-13-15-11-7(2)9(4-12)8(3)14-10(6)11/h5H,1-3H3. The first kappa shape index (κ1) is 9.53. The van der Waals surface area contributed by atoms with Crippen molar-refractivity contribution < 1.29 is 0 Å². The van der Waals surface area contributed by atoms with E-state index in [0.29, 0.717) is 5.56 Å². The molecule has 0 saturated heterocycles. The molecule has 0 fully saturated rings. The van der Waals surface area contributed by atoms with Crippen LogP contribution in [0.2, 0.25) is 0 Å². The number of hydrogen-bond donors (Lipinski definition) is 0. The molecular formula is C11H10N4. The molecule has 0 spiro atoms. The monoisotopic (exact) mass is 198 g/mol. The molecular weight excluding hydrogens is 188 g/mol. The van der Waals surface area contributed by atoms with E-state index in [2.05, 4.69) is 21.3 Å². The third-order valence-electron chi connectivity index (χ3n) is 2.49. The molecule has 0 atom stereocenters. The predicted octanol–water partition coefficient (Wildman–Crippen LogP) is 1.82. The Balaban J connectivity index is 2.99. The zero-order chi connectivity index (χ0) is 11.0. The highest BCUT2D eigenvalue weighted by atomic mass is 15.1. The van der Waals surface area contributed by atoms with Crippen molar-refractivity contribution in [1.82, 2.24) is 15.2 Å². The average Bonchev–Trinajstić information content (AvgIpc) is 2.20. The lowest BCUT2D eigenvalue weighted by Gasteiger charge is -2.06. The lowest BCUT2D eigenvalue weighted by atomic mass is 10.1. The van der Waals surface area contributed by atoms with Crippen LogP contribution in [0.15, 0.2) is 6.20 Å². The Bertz CT molecular complexity index is 581. The molecule has 0 radical (unpaired) electrons. The van der Waals surface area contributed by atoms with Crippen LogP contribution < -0.4 is 0 Å². The van der Waals surface area contributed by atoms with Crippen molar-refractivity contribution in [2.24, 2.45) is 0 Å². The maximum absolute atomic E-state index is 8.99. The third-order valence-corrected chi connectivity index (χ3v) is 2.49. The summed E-state index contributed by atoms with van der Waals surface area (Å²) in [7, 11) is 0. The molecule has 2 rings (SSSR count). The van der Waals surface area contributed by atoms with Crippen LogP contribution in [0.4, 0.5) is 0 Å². The molecule has 4 heteroatoms. The fraction of sp³-hybridized carbons (Fsp3) is 0.273. The maximum Gasteiger partial charge on any atom is 0.116 e. The summed E-state index contributed by atoms with van der Waals surface area (Å²) in [5, 5.41) is 16.9. The third kappa shape index (κ3) is 1.33. The highest BCUT2D eigenvalue weighted by Gasteiger charge is 2.11. The Morgan fingerprint density at radius 1 is 1.20 bits per heavy atom. The summed E-state index contributed by atoms with van der Waals surface area (Å²) in [5.41, 5.74) is 4.74. The van der Waals surface area contributed by atoms with Gasteiger partial charge in [-0.2, -0.15) is 10.4 Å². The average molecular weight is 198 g/mol. The SMILES string of the molecule is Cc1nc2c(C)cnnc2c(C)c1C#N. The number of rotatable bonds is 0. The molecule has 0 aromatic carbocycles. The van der Waals surface area contributed by atoms with Gasteiger partial charge in [0.2, 0.25) is 0 Å². The molecule has 4 nitrogen and oxygen atoms in total. The Hall–Kier alpha value is -2.02. The van der Waals surface area contributed by atoms with Gasteiger partial charge in [-0.25, -0.2) is 4.98 Å². The summed E-state index contributed by atoms with van der Waals surface area (Å²) in [4.78, 5) is 4.38. The highest BCUT2D eigenvalue weighted by molar-refractivity contribution is 5.82. The van der Waals surface area contributed by atoms with Gasteiger partial charge in [-0.15, -0.1) is 5.10 Å². The molecule has 2 aromatic heterocycles. The Morgan fingerprint density at radius 3 is 2.60 bits per heavy atom. The largest absolute Gasteiger partial charge is 0.250 e. The molecule has 0 aliphatic rings. The Labute approximate surface area is 87.6 Å². The van der Waals surface area contributed by atoms with Gasteiger partial charge in [-0.05, 0) is 31.9 Å². The van der Waals surface area contributed by atoms with Crippen LogP contribution in [0.1, 0.15) is 22.4 Å². The first-order valence-electron chi connectivity index (χ1n) is 4.64. The molecule has 74 valence electrons. The van der Waals surface area contributed by atoms with Crippen molar-refractivity contribution in [3.05, 3.63) is 28.6 Å². The summed E-state index contributed by atoms with van der Waals surface area (Å²) < 4.78 is 0. The predicted molar refractivity (Wildman–Crippen MR) is 56.3 cm³/mol. The zero-order valence-electron chi connectivity index (χ0n) is 8.87. The fourth-order valence-corrected chi connectivity index (χ4v) is 1.64. The number of aromatic nitrogens is 3. The van der Waals surface area contributed by atoms with Gasteiger partial charge in [0.15, 0.2) is 0 Å². The van der Waals surface area contributed by atoms with Crippen LogP contribution in [0, 0.1) is 32.1 Å². The minimum atomic E-state index is 0.599. The number of fused-ring (bicyclic) bond motifs is 1. The van der Waals surface area contributed by atoms with Gasteiger partial charge in [-0.1, -0.05) is 0 Å². The second-order valence-electron chi connectivity index (χ2n) is 3.53. The van der Waals surface area contributed by atoms with Crippen LogP contribution in [0.5, 0.6) is 0 Å². The van der Waals surface area contributed by atoms with Crippen molar-refractivity contribution in [2.45, 2.75) is 20.8 Å². The zero-order valence-corrected chi connectivity index (χ0v) is 8.87. The number of nitrogens with zero attached hydrogens (tertiary/aromatic N) is 4. The van der Waals surface area contributed by atoms with Crippen LogP contribution in [-0.4, -0.2) is 15.2 Å². The molecule has 0 amide bonds. The van der Waals surface area contributed by atoms with Gasteiger partial charge in [-0.3, -0.25) is 0 Å². The summed E-state index contributed by atoms with van der Waals surface area (Å²) in [6.45, 7) is 5.66. The van der Waals surface area contributed by atoms with E-state index in [1.165, 1.54) is 0 Å². The van der Waals surface area contributed by atoms with Crippen LogP contribution >= 0.6 is 0 Å². The van der Waals surface area contributed by atoms with E-state index in [4.69, 9.17) is 5.26 Å². The van der Waals surface area contributed by atoms with E-state index < -0.39 is 0 Å². The van der Waals surface area contributed by atoms with Crippen LogP contribution in [0.25, 0.3) is 11.0 Å². The van der Waals surface area contributed by atoms with Crippen molar-refractivity contribution in [3.63, 3.8) is 0 Å². The van der Waals surface area contributed by atoms with Gasteiger partial charge < -0.3 is 0 Å². The number of aryl methyl sites for hydroxylation is 3. The summed E-state index contributed by atoms with van der Waals surface area (Å²) in [5.74, 6) is 0. The van der Waals surface area contributed by atoms with Crippen molar-refractivity contribution in [2.75, 3.05) is 0 Å². The maximum atomic E-state index is 8.99. The van der Waals surface area contributed by atoms with E-state index in [0.717, 1.165) is 27.9 Å². The van der Waals surface area contributed by atoms with Crippen molar-refractivity contribution in [3.8, 4) is 6.07 Å². The topological polar surface area (TPSA) is 62.5 Å². The van der Waals surface area contributed by atoms with E-state index in [1.807, 2.05) is 20.8 Å². The number of hydrogen-bond acceptors (Lipinski definition) is 4. The first-order chi connectivity index (χ1) is 7.15. The summed E-state index contributed by atoms with van der Waals surface area (Å²) in [6.07, 6.45) is 1.68. The van der Waals surface area contributed by atoms with E-state index >= 15 is 0 Å². The van der Waals surface area contributed by atoms with Gasteiger partial charge in [0, 0.05) is 0 Å². The molecule has 0 unspecified atom stereocenters. The summed E-state index contributed by atoms with van der Waals surface area (Å²) >= 11 is 0. The lowest BCUT2D eigenvalue weighted by molar-refractivity contribution is 1.04. The molecule has 0 aliphatic carbocycles. The second-order valence-corrected chi connectivity index (χ2v) is 3.53. The number of nitriles is 1. The molecule has 0 N–H and O–H groups in total. The number of pyridine rings is 1. The lowest BCUT2D eigenvalue weighted by Crippen LogP contribution is -1.99. The van der Waals surface area contributed by atoms with Crippen molar-refractivity contribution in [1.29, 1.82) is 5.26 Å². The molecule has 0 bridgehead atoms. The minimum absolute atomic E-state index is 0.599.